The van der Waals surface area contributed by atoms with Crippen LogP contribution in [0.4, 0.5) is 19.0 Å². The zero-order valence-electron chi connectivity index (χ0n) is 18.0. The standard InChI is InChI=1S/C20H25F3N4O5S/c1-15-12-18(25-32-15)24-19(28)14-27(7-3-6-26-8-10-31-11-9-26)33(29,30)17-5-2-4-16(13-17)20(21,22)23/h2,4-5,12-13H,3,6-11,14H2,1H3,(H,24,25,28). The van der Waals surface area contributed by atoms with E-state index in [0.29, 0.717) is 51.1 Å². The van der Waals surface area contributed by atoms with Crippen molar-refractivity contribution in [1.82, 2.24) is 14.4 Å². The fraction of sp³-hybridized carbons (Fsp3) is 0.500. The fourth-order valence-electron chi connectivity index (χ4n) is 3.33. The van der Waals surface area contributed by atoms with Crippen molar-refractivity contribution < 1.29 is 35.6 Å². The maximum atomic E-state index is 13.2. The van der Waals surface area contributed by atoms with E-state index in [0.717, 1.165) is 22.5 Å². The number of aromatic nitrogens is 1. The fourth-order valence-corrected chi connectivity index (χ4v) is 4.81. The van der Waals surface area contributed by atoms with Gasteiger partial charge in [-0.15, -0.1) is 0 Å². The molecule has 1 aliphatic heterocycles. The number of carbonyl (C=O) groups excluding carboxylic acids is 1. The van der Waals surface area contributed by atoms with Crippen LogP contribution in [0.5, 0.6) is 0 Å². The SMILES string of the molecule is Cc1cc(NC(=O)CN(CCCN2CCOCC2)S(=O)(=O)c2cccc(C(F)(F)F)c2)no1. The van der Waals surface area contributed by atoms with Crippen LogP contribution in [-0.4, -0.2) is 74.6 Å². The summed E-state index contributed by atoms with van der Waals surface area (Å²) < 4.78 is 76.8. The second-order valence-corrected chi connectivity index (χ2v) is 9.48. The minimum atomic E-state index is -4.70. The number of amides is 1. The van der Waals surface area contributed by atoms with Crippen LogP contribution in [0.25, 0.3) is 0 Å². The summed E-state index contributed by atoms with van der Waals surface area (Å²) in [6.45, 7) is 4.09. The predicted octanol–water partition coefficient (Wildman–Crippen LogP) is 2.35. The molecule has 0 bridgehead atoms. The number of hydrogen-bond acceptors (Lipinski definition) is 7. The molecule has 0 unspecified atom stereocenters. The molecule has 0 spiro atoms. The molecule has 1 aliphatic rings. The molecule has 33 heavy (non-hydrogen) atoms. The van der Waals surface area contributed by atoms with Crippen LogP contribution in [0.15, 0.2) is 39.8 Å². The highest BCUT2D eigenvalue weighted by Gasteiger charge is 2.33. The van der Waals surface area contributed by atoms with Gasteiger partial charge in [0.15, 0.2) is 5.82 Å². The van der Waals surface area contributed by atoms with Crippen molar-refractivity contribution in [2.24, 2.45) is 0 Å². The van der Waals surface area contributed by atoms with Crippen molar-refractivity contribution in [3.63, 3.8) is 0 Å². The normalized spacial score (nSPS) is 15.7. The Morgan fingerprint density at radius 1 is 1.24 bits per heavy atom. The van der Waals surface area contributed by atoms with Crippen molar-refractivity contribution >= 4 is 21.7 Å². The first-order chi connectivity index (χ1) is 15.6. The first-order valence-electron chi connectivity index (χ1n) is 10.3. The Bertz CT molecular complexity index is 1050. The first-order valence-corrected chi connectivity index (χ1v) is 11.7. The number of carbonyl (C=O) groups is 1. The topological polar surface area (TPSA) is 105 Å². The number of anilines is 1. The minimum Gasteiger partial charge on any atom is -0.379 e. The van der Waals surface area contributed by atoms with Crippen LogP contribution in [0, 0.1) is 6.92 Å². The quantitative estimate of drug-likeness (QED) is 0.575. The molecule has 2 heterocycles. The summed E-state index contributed by atoms with van der Waals surface area (Å²) in [5.41, 5.74) is -1.08. The molecule has 0 saturated carbocycles. The van der Waals surface area contributed by atoms with E-state index in [2.05, 4.69) is 15.4 Å². The largest absolute Gasteiger partial charge is 0.416 e. The molecule has 1 aromatic heterocycles. The molecule has 1 saturated heterocycles. The third kappa shape index (κ3) is 7.00. The van der Waals surface area contributed by atoms with Crippen molar-refractivity contribution in [3.05, 3.63) is 41.7 Å². The third-order valence-corrected chi connectivity index (χ3v) is 6.84. The lowest BCUT2D eigenvalue weighted by atomic mass is 10.2. The van der Waals surface area contributed by atoms with Crippen molar-refractivity contribution in [2.45, 2.75) is 24.4 Å². The van der Waals surface area contributed by atoms with E-state index in [1.165, 1.54) is 6.07 Å². The van der Waals surface area contributed by atoms with Crippen LogP contribution >= 0.6 is 0 Å². The van der Waals surface area contributed by atoms with E-state index in [9.17, 15) is 26.4 Å². The predicted molar refractivity (Wildman–Crippen MR) is 112 cm³/mol. The number of hydrogen-bond donors (Lipinski definition) is 1. The zero-order valence-corrected chi connectivity index (χ0v) is 18.8. The molecular weight excluding hydrogens is 465 g/mol. The van der Waals surface area contributed by atoms with E-state index in [1.54, 1.807) is 6.92 Å². The van der Waals surface area contributed by atoms with Crippen LogP contribution in [0.2, 0.25) is 0 Å². The van der Waals surface area contributed by atoms with Gasteiger partial charge in [-0.25, -0.2) is 8.42 Å². The Labute approximate surface area is 189 Å². The Morgan fingerprint density at radius 3 is 2.61 bits per heavy atom. The van der Waals surface area contributed by atoms with Crippen LogP contribution in [0.1, 0.15) is 17.7 Å². The number of sulfonamides is 1. The van der Waals surface area contributed by atoms with Gasteiger partial charge >= 0.3 is 6.18 Å². The van der Waals surface area contributed by atoms with Crippen molar-refractivity contribution in [2.75, 3.05) is 51.3 Å². The molecule has 1 amide bonds. The molecule has 1 fully saturated rings. The van der Waals surface area contributed by atoms with Gasteiger partial charge in [-0.2, -0.15) is 17.5 Å². The zero-order chi connectivity index (χ0) is 24.1. The van der Waals surface area contributed by atoms with E-state index >= 15 is 0 Å². The van der Waals surface area contributed by atoms with Gasteiger partial charge in [-0.05, 0) is 38.1 Å². The number of alkyl halides is 3. The highest BCUT2D eigenvalue weighted by Crippen LogP contribution is 2.31. The molecule has 1 N–H and O–H groups in total. The average Bonchev–Trinajstić information content (AvgIpc) is 3.17. The van der Waals surface area contributed by atoms with Crippen molar-refractivity contribution in [3.8, 4) is 0 Å². The number of aryl methyl sites for hydroxylation is 1. The lowest BCUT2D eigenvalue weighted by molar-refractivity contribution is -0.137. The summed E-state index contributed by atoms with van der Waals surface area (Å²) in [6, 6.07) is 4.94. The average molecular weight is 491 g/mol. The van der Waals surface area contributed by atoms with Crippen LogP contribution in [-0.2, 0) is 25.7 Å². The lowest BCUT2D eigenvalue weighted by Crippen LogP contribution is -2.41. The number of ether oxygens (including phenoxy) is 1. The maximum Gasteiger partial charge on any atom is 0.416 e. The first kappa shape index (κ1) is 25.1. The Hall–Kier alpha value is -2.48. The molecule has 0 atom stereocenters. The Kier molecular flexibility index (Phi) is 8.10. The van der Waals surface area contributed by atoms with Gasteiger partial charge in [-0.1, -0.05) is 11.2 Å². The number of nitrogens with one attached hydrogen (secondary N) is 1. The molecular formula is C20H25F3N4O5S. The Balaban J connectivity index is 1.77. The third-order valence-electron chi connectivity index (χ3n) is 5.00. The van der Waals surface area contributed by atoms with Gasteiger partial charge in [0.1, 0.15) is 5.76 Å². The number of benzene rings is 1. The molecule has 3 rings (SSSR count). The maximum absolute atomic E-state index is 13.2. The molecule has 0 aliphatic carbocycles. The number of morpholine rings is 1. The second-order valence-electron chi connectivity index (χ2n) is 7.54. The van der Waals surface area contributed by atoms with Crippen LogP contribution in [0.3, 0.4) is 0 Å². The van der Waals surface area contributed by atoms with Gasteiger partial charge in [-0.3, -0.25) is 9.69 Å². The molecule has 0 radical (unpaired) electrons. The molecule has 1 aromatic carbocycles. The number of halogens is 3. The summed E-state index contributed by atoms with van der Waals surface area (Å²) >= 11 is 0. The summed E-state index contributed by atoms with van der Waals surface area (Å²) in [7, 11) is -4.38. The molecule has 13 heteroatoms. The van der Waals surface area contributed by atoms with Crippen LogP contribution < -0.4 is 5.32 Å². The van der Waals surface area contributed by atoms with Crippen molar-refractivity contribution in [1.29, 1.82) is 0 Å². The molecule has 9 nitrogen and oxygen atoms in total. The van der Waals surface area contributed by atoms with E-state index in [1.807, 2.05) is 0 Å². The Morgan fingerprint density at radius 2 is 1.97 bits per heavy atom. The van der Waals surface area contributed by atoms with Gasteiger partial charge in [0.25, 0.3) is 0 Å². The summed E-state index contributed by atoms with van der Waals surface area (Å²) in [5, 5.41) is 6.06. The number of nitrogens with zero attached hydrogens (tertiary/aromatic N) is 3. The van der Waals surface area contributed by atoms with Gasteiger partial charge < -0.3 is 14.6 Å². The van der Waals surface area contributed by atoms with Gasteiger partial charge in [0.05, 0.1) is 30.2 Å². The van der Waals surface area contributed by atoms with Gasteiger partial charge in [0.2, 0.25) is 15.9 Å². The summed E-state index contributed by atoms with van der Waals surface area (Å²) in [6.07, 6.45) is -4.32. The van der Waals surface area contributed by atoms with E-state index in [-0.39, 0.29) is 12.4 Å². The minimum absolute atomic E-state index is 0.0544. The summed E-state index contributed by atoms with van der Waals surface area (Å²) in [4.78, 5) is 14.1. The molecule has 2 aromatic rings. The smallest absolute Gasteiger partial charge is 0.379 e. The number of rotatable bonds is 9. The molecule has 182 valence electrons. The monoisotopic (exact) mass is 490 g/mol. The van der Waals surface area contributed by atoms with E-state index < -0.39 is 39.1 Å². The summed E-state index contributed by atoms with van der Waals surface area (Å²) in [5.74, 6) is -0.128. The lowest BCUT2D eigenvalue weighted by Gasteiger charge is -2.28. The second kappa shape index (κ2) is 10.6. The highest BCUT2D eigenvalue weighted by molar-refractivity contribution is 7.89. The van der Waals surface area contributed by atoms with E-state index in [4.69, 9.17) is 9.26 Å². The van der Waals surface area contributed by atoms with Gasteiger partial charge in [0, 0.05) is 25.7 Å². The highest BCUT2D eigenvalue weighted by atomic mass is 32.2.